The van der Waals surface area contributed by atoms with Crippen LogP contribution in [0.4, 0.5) is 0 Å². The minimum Gasteiger partial charge on any atom is -0.497 e. The smallest absolute Gasteiger partial charge is 0.119 e. The van der Waals surface area contributed by atoms with Crippen LogP contribution in [-0.2, 0) is 6.61 Å². The molecule has 1 aromatic heterocycles. The number of aromatic nitrogens is 1. The Morgan fingerprint density at radius 1 is 0.815 bits per heavy atom. The van der Waals surface area contributed by atoms with Crippen LogP contribution in [-0.4, -0.2) is 12.1 Å². The molecule has 0 aliphatic rings. The summed E-state index contributed by atoms with van der Waals surface area (Å²) in [6.07, 6.45) is 0. The van der Waals surface area contributed by atoms with Crippen molar-refractivity contribution in [3.05, 3.63) is 90.0 Å². The van der Waals surface area contributed by atoms with E-state index < -0.39 is 0 Å². The molecule has 0 radical (unpaired) electrons. The van der Waals surface area contributed by atoms with Crippen LogP contribution < -0.4 is 9.47 Å². The molecule has 0 saturated carbocycles. The van der Waals surface area contributed by atoms with Crippen molar-refractivity contribution in [1.82, 2.24) is 4.98 Å². The normalized spacial score (nSPS) is 10.7. The van der Waals surface area contributed by atoms with Gasteiger partial charge in [-0.1, -0.05) is 48.0 Å². The first-order chi connectivity index (χ1) is 13.2. The second-order valence-electron chi connectivity index (χ2n) is 6.52. The van der Waals surface area contributed by atoms with Gasteiger partial charge in [0.25, 0.3) is 0 Å². The van der Waals surface area contributed by atoms with E-state index >= 15 is 0 Å². The second-order valence-corrected chi connectivity index (χ2v) is 6.52. The minimum atomic E-state index is 0.489. The molecule has 4 rings (SSSR count). The monoisotopic (exact) mass is 355 g/mol. The van der Waals surface area contributed by atoms with Gasteiger partial charge in [0, 0.05) is 16.5 Å². The summed E-state index contributed by atoms with van der Waals surface area (Å²) in [5.41, 5.74) is 5.23. The highest BCUT2D eigenvalue weighted by molar-refractivity contribution is 5.85. The van der Waals surface area contributed by atoms with E-state index in [0.29, 0.717) is 6.61 Å². The van der Waals surface area contributed by atoms with Gasteiger partial charge >= 0.3 is 0 Å². The summed E-state index contributed by atoms with van der Waals surface area (Å²) in [6, 6.07) is 26.4. The molecule has 27 heavy (non-hydrogen) atoms. The van der Waals surface area contributed by atoms with Crippen molar-refractivity contribution < 1.29 is 9.47 Å². The van der Waals surface area contributed by atoms with Crippen LogP contribution in [0.5, 0.6) is 11.5 Å². The zero-order valence-corrected chi connectivity index (χ0v) is 15.5. The zero-order valence-electron chi connectivity index (χ0n) is 15.5. The van der Waals surface area contributed by atoms with Crippen LogP contribution in [0.1, 0.15) is 11.1 Å². The highest BCUT2D eigenvalue weighted by atomic mass is 16.5. The van der Waals surface area contributed by atoms with Crippen molar-refractivity contribution in [2.75, 3.05) is 7.11 Å². The molecule has 0 unspecified atom stereocenters. The van der Waals surface area contributed by atoms with Crippen LogP contribution in [0.15, 0.2) is 78.9 Å². The molecule has 134 valence electrons. The molecule has 1 heterocycles. The molecule has 0 saturated heterocycles. The molecule has 0 amide bonds. The fourth-order valence-corrected chi connectivity index (χ4v) is 3.09. The van der Waals surface area contributed by atoms with Gasteiger partial charge in [-0.05, 0) is 43.3 Å². The van der Waals surface area contributed by atoms with Gasteiger partial charge in [-0.3, -0.25) is 0 Å². The number of nitrogens with zero attached hydrogens (tertiary/aromatic N) is 1. The fraction of sp³-hybridized carbons (Fsp3) is 0.125. The topological polar surface area (TPSA) is 31.4 Å². The van der Waals surface area contributed by atoms with E-state index in [9.17, 15) is 0 Å². The van der Waals surface area contributed by atoms with Crippen LogP contribution in [0.3, 0.4) is 0 Å². The first-order valence-electron chi connectivity index (χ1n) is 8.95. The third kappa shape index (κ3) is 3.77. The van der Waals surface area contributed by atoms with Gasteiger partial charge in [0.05, 0.1) is 18.3 Å². The number of rotatable bonds is 5. The quantitative estimate of drug-likeness (QED) is 0.453. The van der Waals surface area contributed by atoms with Gasteiger partial charge < -0.3 is 9.47 Å². The lowest BCUT2D eigenvalue weighted by atomic mass is 10.0. The lowest BCUT2D eigenvalue weighted by molar-refractivity contribution is 0.307. The van der Waals surface area contributed by atoms with E-state index in [1.165, 1.54) is 5.56 Å². The summed E-state index contributed by atoms with van der Waals surface area (Å²) in [5, 5.41) is 1.11. The minimum absolute atomic E-state index is 0.489. The number of aryl methyl sites for hydroxylation is 1. The van der Waals surface area contributed by atoms with Crippen LogP contribution >= 0.6 is 0 Å². The molecule has 0 aliphatic heterocycles. The molecular formula is C24H21NO2. The van der Waals surface area contributed by atoms with Gasteiger partial charge in [-0.25, -0.2) is 4.98 Å². The Labute approximate surface area is 159 Å². The lowest BCUT2D eigenvalue weighted by Crippen LogP contribution is -1.99. The number of ether oxygens (including phenoxy) is 2. The molecule has 3 nitrogen and oxygen atoms in total. The maximum Gasteiger partial charge on any atom is 0.119 e. The molecule has 0 N–H and O–H groups in total. The van der Waals surface area contributed by atoms with Crippen molar-refractivity contribution in [1.29, 1.82) is 0 Å². The van der Waals surface area contributed by atoms with Crippen molar-refractivity contribution in [2.24, 2.45) is 0 Å². The van der Waals surface area contributed by atoms with Crippen LogP contribution in [0.25, 0.3) is 22.2 Å². The van der Waals surface area contributed by atoms with Crippen molar-refractivity contribution in [2.45, 2.75) is 13.5 Å². The van der Waals surface area contributed by atoms with Crippen LogP contribution in [0.2, 0.25) is 0 Å². The average Bonchev–Trinajstić information content (AvgIpc) is 2.73. The number of hydrogen-bond donors (Lipinski definition) is 0. The summed E-state index contributed by atoms with van der Waals surface area (Å²) in [5.74, 6) is 1.68. The molecule has 0 aliphatic carbocycles. The van der Waals surface area contributed by atoms with Gasteiger partial charge in [0.2, 0.25) is 0 Å². The van der Waals surface area contributed by atoms with Crippen molar-refractivity contribution in [3.63, 3.8) is 0 Å². The molecule has 0 fully saturated rings. The van der Waals surface area contributed by atoms with E-state index in [4.69, 9.17) is 14.5 Å². The Bertz CT molecular complexity index is 1070. The number of benzene rings is 3. The Kier molecular flexibility index (Phi) is 4.75. The highest BCUT2D eigenvalue weighted by Crippen LogP contribution is 2.28. The number of methoxy groups -OCH3 is 1. The SMILES string of the molecule is COc1cccc(-c2cc(COc3ccc(C)cc3)c3ccccc3n2)c1. The van der Waals surface area contributed by atoms with Crippen molar-refractivity contribution in [3.8, 4) is 22.8 Å². The van der Waals surface area contributed by atoms with E-state index in [-0.39, 0.29) is 0 Å². The molecule has 0 bridgehead atoms. The van der Waals surface area contributed by atoms with Crippen molar-refractivity contribution >= 4 is 10.9 Å². The summed E-state index contributed by atoms with van der Waals surface area (Å²) >= 11 is 0. The van der Waals surface area contributed by atoms with Crippen LogP contribution in [0, 0.1) is 6.92 Å². The standard InChI is InChI=1S/C24H21NO2/c1-17-10-12-20(13-11-17)27-16-19-15-24(18-6-5-7-21(14-18)26-2)25-23-9-4-3-8-22(19)23/h3-15H,16H2,1-2H3. The number of para-hydroxylation sites is 1. The third-order valence-corrected chi connectivity index (χ3v) is 4.58. The Balaban J connectivity index is 1.72. The molecule has 0 spiro atoms. The molecular weight excluding hydrogens is 334 g/mol. The predicted molar refractivity (Wildman–Crippen MR) is 109 cm³/mol. The molecule has 3 heteroatoms. The summed E-state index contributed by atoms with van der Waals surface area (Å²) < 4.78 is 11.4. The largest absolute Gasteiger partial charge is 0.497 e. The van der Waals surface area contributed by atoms with E-state index in [1.807, 2.05) is 54.6 Å². The first kappa shape index (κ1) is 17.1. The maximum atomic E-state index is 6.04. The summed E-state index contributed by atoms with van der Waals surface area (Å²) in [7, 11) is 1.67. The number of hydrogen-bond acceptors (Lipinski definition) is 3. The Morgan fingerprint density at radius 2 is 1.63 bits per heavy atom. The highest BCUT2D eigenvalue weighted by Gasteiger charge is 2.09. The summed E-state index contributed by atoms with van der Waals surface area (Å²) in [4.78, 5) is 4.84. The van der Waals surface area contributed by atoms with E-state index in [2.05, 4.69) is 31.2 Å². The Morgan fingerprint density at radius 3 is 2.44 bits per heavy atom. The number of pyridine rings is 1. The Hall–Kier alpha value is -3.33. The number of fused-ring (bicyclic) bond motifs is 1. The second kappa shape index (κ2) is 7.50. The molecule has 0 atom stereocenters. The predicted octanol–water partition coefficient (Wildman–Crippen LogP) is 5.80. The van der Waals surface area contributed by atoms with E-state index in [0.717, 1.165) is 39.2 Å². The van der Waals surface area contributed by atoms with Gasteiger partial charge in [-0.2, -0.15) is 0 Å². The van der Waals surface area contributed by atoms with Gasteiger partial charge in [-0.15, -0.1) is 0 Å². The molecule has 3 aromatic carbocycles. The van der Waals surface area contributed by atoms with E-state index in [1.54, 1.807) is 7.11 Å². The molecule has 4 aromatic rings. The zero-order chi connectivity index (χ0) is 18.6. The lowest BCUT2D eigenvalue weighted by Gasteiger charge is -2.12. The summed E-state index contributed by atoms with van der Waals surface area (Å²) in [6.45, 7) is 2.56. The van der Waals surface area contributed by atoms with Gasteiger partial charge in [0.1, 0.15) is 18.1 Å². The maximum absolute atomic E-state index is 6.04. The third-order valence-electron chi connectivity index (χ3n) is 4.58. The first-order valence-corrected chi connectivity index (χ1v) is 8.95. The average molecular weight is 355 g/mol. The fourth-order valence-electron chi connectivity index (χ4n) is 3.09. The van der Waals surface area contributed by atoms with Gasteiger partial charge in [0.15, 0.2) is 0 Å².